The van der Waals surface area contributed by atoms with Crippen LogP contribution in [0.1, 0.15) is 45.4 Å². The Morgan fingerprint density at radius 2 is 2.21 bits per heavy atom. The van der Waals surface area contributed by atoms with E-state index in [1.54, 1.807) is 18.1 Å². The van der Waals surface area contributed by atoms with E-state index in [4.69, 9.17) is 9.72 Å². The highest BCUT2D eigenvalue weighted by atomic mass is 16.5. The van der Waals surface area contributed by atoms with Crippen molar-refractivity contribution in [2.24, 2.45) is 0 Å². The second-order valence-electron chi connectivity index (χ2n) is 7.62. The summed E-state index contributed by atoms with van der Waals surface area (Å²) in [5, 5.41) is 15.1. The summed E-state index contributed by atoms with van der Waals surface area (Å²) >= 11 is 0. The number of carbonyl (C=O) groups is 2. The van der Waals surface area contributed by atoms with Gasteiger partial charge in [-0.1, -0.05) is 19.8 Å². The molecule has 3 N–H and O–H groups in total. The highest BCUT2D eigenvalue weighted by Gasteiger charge is 2.38. The summed E-state index contributed by atoms with van der Waals surface area (Å²) in [4.78, 5) is 36.6. The number of nitrogens with one attached hydrogen (secondary N) is 2. The third kappa shape index (κ3) is 3.54. The van der Waals surface area contributed by atoms with Crippen LogP contribution >= 0.6 is 0 Å². The number of carboxylic acid groups (broad SMARTS) is 1. The molecule has 2 aliphatic heterocycles. The van der Waals surface area contributed by atoms with E-state index in [-0.39, 0.29) is 11.6 Å². The maximum atomic E-state index is 12.4. The molecule has 3 heterocycles. The van der Waals surface area contributed by atoms with Crippen molar-refractivity contribution in [3.63, 3.8) is 0 Å². The van der Waals surface area contributed by atoms with Gasteiger partial charge in [-0.25, -0.2) is 9.78 Å². The number of amides is 1. The minimum atomic E-state index is -1.13. The van der Waals surface area contributed by atoms with Crippen LogP contribution in [0.5, 0.6) is 0 Å². The lowest BCUT2D eigenvalue weighted by Crippen LogP contribution is -2.50. The summed E-state index contributed by atoms with van der Waals surface area (Å²) in [6, 6.07) is 0.358. The predicted octanol–water partition coefficient (Wildman–Crippen LogP) is 1.61. The van der Waals surface area contributed by atoms with E-state index >= 15 is 0 Å². The lowest BCUT2D eigenvalue weighted by atomic mass is 10.2. The van der Waals surface area contributed by atoms with Gasteiger partial charge in [0.2, 0.25) is 11.9 Å². The summed E-state index contributed by atoms with van der Waals surface area (Å²) < 4.78 is 5.58. The predicted molar refractivity (Wildman–Crippen MR) is 106 cm³/mol. The van der Waals surface area contributed by atoms with Gasteiger partial charge in [0, 0.05) is 32.5 Å². The average Bonchev–Trinajstić information content (AvgIpc) is 3.36. The number of hydrogen-bond acceptors (Lipinski definition) is 8. The molecule has 1 atom stereocenters. The van der Waals surface area contributed by atoms with E-state index in [0.29, 0.717) is 37.1 Å². The van der Waals surface area contributed by atoms with Gasteiger partial charge in [-0.3, -0.25) is 10.1 Å². The Kier molecular flexibility index (Phi) is 4.93. The van der Waals surface area contributed by atoms with E-state index in [9.17, 15) is 14.7 Å². The number of aliphatic carboxylic acids is 1. The molecule has 1 amide bonds. The molecule has 0 aromatic carbocycles. The molecular weight excluding hydrogens is 376 g/mol. The van der Waals surface area contributed by atoms with Crippen molar-refractivity contribution in [1.82, 2.24) is 15.3 Å². The lowest BCUT2D eigenvalue weighted by molar-refractivity contribution is -0.133. The zero-order chi connectivity index (χ0) is 20.6. The quantitative estimate of drug-likeness (QED) is 0.674. The van der Waals surface area contributed by atoms with Gasteiger partial charge in [-0.05, 0) is 12.8 Å². The van der Waals surface area contributed by atoms with E-state index < -0.39 is 11.8 Å². The van der Waals surface area contributed by atoms with E-state index in [0.717, 1.165) is 18.7 Å². The number of ether oxygens (including phenoxy) is 1. The zero-order valence-electron chi connectivity index (χ0n) is 16.6. The molecule has 156 valence electrons. The van der Waals surface area contributed by atoms with Gasteiger partial charge in [0.1, 0.15) is 11.9 Å². The number of nitrogens with zero attached hydrogens (tertiary/aromatic N) is 4. The van der Waals surface area contributed by atoms with Crippen LogP contribution < -0.4 is 20.4 Å². The van der Waals surface area contributed by atoms with E-state index in [1.165, 1.54) is 19.1 Å². The minimum Gasteiger partial charge on any atom is -0.476 e. The summed E-state index contributed by atoms with van der Waals surface area (Å²) in [6.07, 6.45) is 8.21. The number of rotatable bonds is 5. The van der Waals surface area contributed by atoms with Crippen molar-refractivity contribution >= 4 is 29.3 Å². The molecule has 0 saturated heterocycles. The van der Waals surface area contributed by atoms with Gasteiger partial charge in [0.05, 0.1) is 6.20 Å². The number of anilines is 3. The molecule has 0 spiro atoms. The standard InChI is InChI=1S/C19H26N6O4/c1-3-19(22-13(11-29-19)17(27)28)23-18-20-10-14-16(21-18)25(12-6-4-5-7-12)9-8-15(26)24(14)2/h10-12,22H,3-9H2,1-2H3,(H,27,28)(H,20,21,23). The van der Waals surface area contributed by atoms with Gasteiger partial charge < -0.3 is 25.0 Å². The largest absolute Gasteiger partial charge is 0.476 e. The first-order valence-corrected chi connectivity index (χ1v) is 10.0. The first-order valence-electron chi connectivity index (χ1n) is 10.0. The highest BCUT2D eigenvalue weighted by Crippen LogP contribution is 2.36. The van der Waals surface area contributed by atoms with E-state index in [1.807, 2.05) is 6.92 Å². The molecule has 1 unspecified atom stereocenters. The molecule has 3 aliphatic rings. The minimum absolute atomic E-state index is 0.0352. The smallest absolute Gasteiger partial charge is 0.355 e. The summed E-state index contributed by atoms with van der Waals surface area (Å²) in [5.74, 6) is -1.16. The van der Waals surface area contributed by atoms with Crippen molar-refractivity contribution in [2.45, 2.75) is 57.3 Å². The van der Waals surface area contributed by atoms with Crippen LogP contribution in [0.15, 0.2) is 18.2 Å². The van der Waals surface area contributed by atoms with Crippen LogP contribution in [-0.2, 0) is 14.3 Å². The Hall–Kier alpha value is -3.04. The normalized spacial score (nSPS) is 24.5. The van der Waals surface area contributed by atoms with Crippen molar-refractivity contribution < 1.29 is 19.4 Å². The second kappa shape index (κ2) is 7.41. The van der Waals surface area contributed by atoms with Crippen molar-refractivity contribution in [3.8, 4) is 0 Å². The Morgan fingerprint density at radius 1 is 1.45 bits per heavy atom. The summed E-state index contributed by atoms with van der Waals surface area (Å²) in [6.45, 7) is 2.48. The zero-order valence-corrected chi connectivity index (χ0v) is 16.6. The Morgan fingerprint density at radius 3 is 2.86 bits per heavy atom. The number of carboxylic acids is 1. The molecule has 10 nitrogen and oxygen atoms in total. The van der Waals surface area contributed by atoms with Crippen LogP contribution in [-0.4, -0.2) is 52.4 Å². The van der Waals surface area contributed by atoms with Crippen molar-refractivity contribution in [2.75, 3.05) is 28.7 Å². The van der Waals surface area contributed by atoms with Gasteiger partial charge in [-0.15, -0.1) is 0 Å². The fourth-order valence-electron chi connectivity index (χ4n) is 4.11. The van der Waals surface area contributed by atoms with Gasteiger partial charge >= 0.3 is 5.97 Å². The summed E-state index contributed by atoms with van der Waals surface area (Å²) in [5.41, 5.74) is 0.646. The molecule has 29 heavy (non-hydrogen) atoms. The van der Waals surface area contributed by atoms with Crippen LogP contribution in [0.3, 0.4) is 0 Å². The van der Waals surface area contributed by atoms with Crippen LogP contribution in [0, 0.1) is 0 Å². The third-order valence-electron chi connectivity index (χ3n) is 5.85. The third-order valence-corrected chi connectivity index (χ3v) is 5.85. The van der Waals surface area contributed by atoms with Gasteiger partial charge in [-0.2, -0.15) is 4.98 Å². The lowest BCUT2D eigenvalue weighted by Gasteiger charge is -2.32. The molecule has 0 radical (unpaired) electrons. The number of aromatic nitrogens is 2. The van der Waals surface area contributed by atoms with Crippen LogP contribution in [0.2, 0.25) is 0 Å². The molecule has 1 aliphatic carbocycles. The molecule has 4 rings (SSSR count). The number of fused-ring (bicyclic) bond motifs is 1. The van der Waals surface area contributed by atoms with Crippen molar-refractivity contribution in [1.29, 1.82) is 0 Å². The fraction of sp³-hybridized carbons (Fsp3) is 0.579. The Labute approximate surface area is 168 Å². The highest BCUT2D eigenvalue weighted by molar-refractivity contribution is 5.97. The molecule has 0 bridgehead atoms. The Balaban J connectivity index is 1.65. The molecule has 1 aromatic rings. The van der Waals surface area contributed by atoms with Gasteiger partial charge in [0.25, 0.3) is 5.85 Å². The maximum absolute atomic E-state index is 12.4. The molecule has 1 aromatic heterocycles. The second-order valence-corrected chi connectivity index (χ2v) is 7.62. The monoisotopic (exact) mass is 402 g/mol. The molecule has 10 heteroatoms. The topological polar surface area (TPSA) is 120 Å². The van der Waals surface area contributed by atoms with Crippen LogP contribution in [0.4, 0.5) is 17.5 Å². The number of hydrogen-bond donors (Lipinski definition) is 3. The first kappa shape index (κ1) is 19.3. The maximum Gasteiger partial charge on any atom is 0.355 e. The average molecular weight is 402 g/mol. The SMILES string of the molecule is CCC1(Nc2ncc3c(n2)N(C2CCCC2)CCC(=O)N3C)NC(C(=O)O)=CO1. The van der Waals surface area contributed by atoms with Crippen molar-refractivity contribution in [3.05, 3.63) is 18.2 Å². The Bertz CT molecular complexity index is 853. The molecular formula is C19H26N6O4. The molecule has 1 saturated carbocycles. The molecule has 1 fully saturated rings. The van der Waals surface area contributed by atoms with E-state index in [2.05, 4.69) is 20.5 Å². The van der Waals surface area contributed by atoms with Gasteiger partial charge in [0.15, 0.2) is 11.5 Å². The first-order chi connectivity index (χ1) is 13.9. The number of carbonyl (C=O) groups excluding carboxylic acids is 1. The van der Waals surface area contributed by atoms with Crippen LogP contribution in [0.25, 0.3) is 0 Å². The fourth-order valence-corrected chi connectivity index (χ4v) is 4.11. The summed E-state index contributed by atoms with van der Waals surface area (Å²) in [7, 11) is 1.74.